The van der Waals surface area contributed by atoms with Crippen LogP contribution in [0.25, 0.3) is 16.8 Å². The van der Waals surface area contributed by atoms with Crippen molar-refractivity contribution in [2.45, 2.75) is 77.7 Å². The van der Waals surface area contributed by atoms with Crippen LogP contribution in [0.4, 0.5) is 4.79 Å². The number of aryl methyl sites for hydroxylation is 1. The summed E-state index contributed by atoms with van der Waals surface area (Å²) in [6.45, 7) is 14.0. The smallest absolute Gasteiger partial charge is 0.444 e. The lowest BCUT2D eigenvalue weighted by Gasteiger charge is -2.36. The monoisotopic (exact) mass is 566 g/mol. The summed E-state index contributed by atoms with van der Waals surface area (Å²) in [7, 11) is -0.388. The molecule has 6 rings (SSSR count). The van der Waals surface area contributed by atoms with Crippen molar-refractivity contribution in [2.24, 2.45) is 11.8 Å². The third kappa shape index (κ3) is 5.03. The van der Waals surface area contributed by atoms with E-state index in [0.717, 1.165) is 23.9 Å². The summed E-state index contributed by atoms with van der Waals surface area (Å²) in [6.07, 6.45) is 10.9. The first-order chi connectivity index (χ1) is 18.8. The van der Waals surface area contributed by atoms with Crippen LogP contribution < -0.4 is 0 Å². The van der Waals surface area contributed by atoms with E-state index in [4.69, 9.17) is 25.6 Å². The van der Waals surface area contributed by atoms with Gasteiger partial charge in [0.15, 0.2) is 5.15 Å². The van der Waals surface area contributed by atoms with Crippen molar-refractivity contribution in [1.29, 1.82) is 0 Å². The number of allylic oxidation sites excluding steroid dienone is 1. The van der Waals surface area contributed by atoms with Crippen LogP contribution in [-0.2, 0) is 20.6 Å². The maximum absolute atomic E-state index is 12.5. The van der Waals surface area contributed by atoms with E-state index in [1.54, 1.807) is 16.9 Å². The second-order valence-electron chi connectivity index (χ2n) is 12.9. The van der Waals surface area contributed by atoms with Crippen LogP contribution in [0, 0.1) is 11.8 Å². The molecule has 3 aliphatic rings. The summed E-state index contributed by atoms with van der Waals surface area (Å²) in [5.41, 5.74) is 2.02. The number of rotatable bonds is 5. The number of hydrogen-bond acceptors (Lipinski definition) is 7. The average molecular weight is 567 g/mol. The minimum atomic E-state index is -0.513. The van der Waals surface area contributed by atoms with Gasteiger partial charge < -0.3 is 18.9 Å². The molecule has 12 heteroatoms. The van der Waals surface area contributed by atoms with E-state index in [1.807, 2.05) is 48.8 Å². The van der Waals surface area contributed by atoms with Crippen LogP contribution in [0.2, 0.25) is 5.15 Å². The van der Waals surface area contributed by atoms with Gasteiger partial charge >= 0.3 is 13.2 Å². The van der Waals surface area contributed by atoms with E-state index in [9.17, 15) is 4.79 Å². The quantitative estimate of drug-likeness (QED) is 0.398. The fourth-order valence-electron chi connectivity index (χ4n) is 5.88. The lowest BCUT2D eigenvalue weighted by Crippen LogP contribution is -2.45. The van der Waals surface area contributed by atoms with Crippen molar-refractivity contribution in [3.63, 3.8) is 0 Å². The largest absolute Gasteiger partial charge is 0.490 e. The minimum Gasteiger partial charge on any atom is -0.444 e. The first-order valence-electron chi connectivity index (χ1n) is 13.9. The lowest BCUT2D eigenvalue weighted by atomic mass is 9.77. The lowest BCUT2D eigenvalue weighted by molar-refractivity contribution is -0.0189. The maximum atomic E-state index is 12.5. The highest BCUT2D eigenvalue weighted by Gasteiger charge is 2.56. The van der Waals surface area contributed by atoms with Crippen LogP contribution in [0.3, 0.4) is 0 Å². The second-order valence-corrected chi connectivity index (χ2v) is 13.2. The van der Waals surface area contributed by atoms with Crippen molar-refractivity contribution < 1.29 is 18.8 Å². The van der Waals surface area contributed by atoms with Gasteiger partial charge in [0, 0.05) is 31.4 Å². The van der Waals surface area contributed by atoms with Crippen molar-refractivity contribution in [3.8, 4) is 11.3 Å². The van der Waals surface area contributed by atoms with E-state index in [-0.39, 0.29) is 13.2 Å². The van der Waals surface area contributed by atoms with Crippen molar-refractivity contribution in [1.82, 2.24) is 29.3 Å². The maximum Gasteiger partial charge on any atom is 0.490 e. The molecule has 1 amide bonds. The fraction of sp³-hybridized carbons (Fsp3) is 0.571. The van der Waals surface area contributed by atoms with Crippen LogP contribution in [0.5, 0.6) is 0 Å². The molecule has 3 unspecified atom stereocenters. The van der Waals surface area contributed by atoms with Gasteiger partial charge in [-0.25, -0.2) is 14.3 Å². The minimum absolute atomic E-state index is 0.235. The molecule has 2 fully saturated rings. The summed E-state index contributed by atoms with van der Waals surface area (Å²) in [6, 6.07) is 1.83. The molecule has 212 valence electrons. The van der Waals surface area contributed by atoms with E-state index in [0.29, 0.717) is 42.3 Å². The number of likely N-dealkylation sites (tertiary alicyclic amines) is 1. The third-order valence-electron chi connectivity index (χ3n) is 8.51. The Bertz CT molecular complexity index is 1480. The summed E-state index contributed by atoms with van der Waals surface area (Å²) >= 11 is 6.34. The highest BCUT2D eigenvalue weighted by Crippen LogP contribution is 2.46. The Hall–Kier alpha value is -2.89. The average Bonchev–Trinajstić information content (AvgIpc) is 3.65. The number of hydrogen-bond donors (Lipinski definition) is 0. The molecule has 3 aromatic rings. The normalized spacial score (nSPS) is 26.0. The molecule has 0 spiro atoms. The van der Waals surface area contributed by atoms with Gasteiger partial charge in [-0.15, -0.1) is 0 Å². The van der Waals surface area contributed by atoms with Crippen molar-refractivity contribution >= 4 is 30.3 Å². The number of nitrogens with zero attached hydrogens (tertiary/aromatic N) is 6. The fourth-order valence-corrected chi connectivity index (χ4v) is 6.12. The van der Waals surface area contributed by atoms with Crippen molar-refractivity contribution in [2.75, 3.05) is 13.1 Å². The van der Waals surface area contributed by atoms with Crippen molar-refractivity contribution in [3.05, 3.63) is 47.6 Å². The molecule has 0 N–H and O–H groups in total. The summed E-state index contributed by atoms with van der Waals surface area (Å²) in [5, 5.41) is 9.24. The molecular formula is C28H36BClN6O4. The number of carbonyl (C=O) groups excluding carboxylic acids is 1. The number of carbonyl (C=O) groups is 1. The molecule has 0 radical (unpaired) electrons. The predicted molar refractivity (Wildman–Crippen MR) is 152 cm³/mol. The second kappa shape index (κ2) is 9.60. The van der Waals surface area contributed by atoms with Gasteiger partial charge in [0.05, 0.1) is 35.5 Å². The van der Waals surface area contributed by atoms with Gasteiger partial charge in [-0.05, 0) is 77.8 Å². The molecule has 3 atom stereocenters. The van der Waals surface area contributed by atoms with Crippen LogP contribution in [0.1, 0.15) is 54.4 Å². The molecule has 1 aliphatic carbocycles. The Morgan fingerprint density at radius 1 is 1.20 bits per heavy atom. The number of amides is 1. The molecule has 0 saturated carbocycles. The number of ether oxygens (including phenoxy) is 1. The molecule has 0 bridgehead atoms. The zero-order valence-electron chi connectivity index (χ0n) is 23.9. The van der Waals surface area contributed by atoms with E-state index >= 15 is 0 Å². The Morgan fingerprint density at radius 2 is 2.00 bits per heavy atom. The molecule has 10 nitrogen and oxygen atoms in total. The number of fused-ring (bicyclic) bond motifs is 2. The Labute approximate surface area is 239 Å². The van der Waals surface area contributed by atoms with Gasteiger partial charge in [-0.2, -0.15) is 10.2 Å². The molecule has 2 aliphatic heterocycles. The number of halogens is 1. The van der Waals surface area contributed by atoms with E-state index in [1.165, 1.54) is 5.47 Å². The molecule has 40 heavy (non-hydrogen) atoms. The SMILES string of the molecule is CC(C)(C)OC(=O)N1CC2C=C(B3OC(C)(C)C(C)(CCn4cc(-c5cn6nccc6c(Cl)n5)cn4)O3)CC2C1. The van der Waals surface area contributed by atoms with Gasteiger partial charge in [0.1, 0.15) is 11.1 Å². The number of aromatic nitrogens is 5. The highest BCUT2D eigenvalue weighted by atomic mass is 35.5. The topological polar surface area (TPSA) is 96.0 Å². The zero-order chi connectivity index (χ0) is 28.4. The summed E-state index contributed by atoms with van der Waals surface area (Å²) in [4.78, 5) is 18.9. The third-order valence-corrected chi connectivity index (χ3v) is 8.78. The zero-order valence-corrected chi connectivity index (χ0v) is 24.7. The Kier molecular flexibility index (Phi) is 6.55. The highest BCUT2D eigenvalue weighted by molar-refractivity contribution is 6.54. The predicted octanol–water partition coefficient (Wildman–Crippen LogP) is 5.06. The molecule has 2 saturated heterocycles. The first-order valence-corrected chi connectivity index (χ1v) is 14.2. The van der Waals surface area contributed by atoms with Crippen LogP contribution >= 0.6 is 11.6 Å². The van der Waals surface area contributed by atoms with E-state index in [2.05, 4.69) is 42.0 Å². The molecular weight excluding hydrogens is 531 g/mol. The molecule has 5 heterocycles. The van der Waals surface area contributed by atoms with Gasteiger partial charge in [-0.3, -0.25) is 4.68 Å². The van der Waals surface area contributed by atoms with Crippen LogP contribution in [-0.4, -0.2) is 72.4 Å². The Balaban J connectivity index is 1.09. The summed E-state index contributed by atoms with van der Waals surface area (Å²) < 4.78 is 22.3. The Morgan fingerprint density at radius 3 is 2.75 bits per heavy atom. The molecule has 0 aromatic carbocycles. The molecule has 3 aromatic heterocycles. The van der Waals surface area contributed by atoms with Gasteiger partial charge in [-0.1, -0.05) is 17.7 Å². The van der Waals surface area contributed by atoms with Crippen LogP contribution in [0.15, 0.2) is 42.4 Å². The summed E-state index contributed by atoms with van der Waals surface area (Å²) in [5.74, 6) is 0.672. The first kappa shape index (κ1) is 27.3. The van der Waals surface area contributed by atoms with Gasteiger partial charge in [0.2, 0.25) is 0 Å². The van der Waals surface area contributed by atoms with Gasteiger partial charge in [0.25, 0.3) is 0 Å². The standard InChI is InChI=1S/C28H36BClN6O4/c1-26(2,3)38-25(37)34-14-18-11-21(12-19(18)15-34)29-39-27(4,5)28(6,40-29)8-10-35-16-20(13-32-35)22-17-36-23(7-9-31-36)24(30)33-22/h7,9,11,13,16-19H,8,10,12,14-15H2,1-6H3. The van der Waals surface area contributed by atoms with E-state index < -0.39 is 16.8 Å².